The molecule has 152 valence electrons. The molecule has 3 aromatic carbocycles. The largest absolute Gasteiger partial charge is 0.292 e. The van der Waals surface area contributed by atoms with Crippen molar-refractivity contribution in [3.63, 3.8) is 0 Å². The van der Waals surface area contributed by atoms with Crippen molar-refractivity contribution < 1.29 is 4.79 Å². The second-order valence-electron chi connectivity index (χ2n) is 7.12. The van der Waals surface area contributed by atoms with Crippen LogP contribution >= 0.6 is 34.5 Å². The van der Waals surface area contributed by atoms with E-state index in [0.717, 1.165) is 21.9 Å². The average molecular weight is 465 g/mol. The third-order valence-electron chi connectivity index (χ3n) is 5.17. The molecular formula is C24H14Cl2N2O2S. The zero-order valence-corrected chi connectivity index (χ0v) is 18.3. The van der Waals surface area contributed by atoms with Gasteiger partial charge in [-0.3, -0.25) is 14.2 Å². The Labute approximate surface area is 191 Å². The van der Waals surface area contributed by atoms with Gasteiger partial charge in [-0.25, -0.2) is 4.98 Å². The standard InChI is InChI=1S/C24H14Cl2N2O2S/c25-17-7-8-18(20(26)10-17)21(29)11-28-13-27-23-22(24(28)30)19(12-31-23)16-6-5-14-3-1-2-4-15(14)9-16/h1-10,12-13H,11H2. The van der Waals surface area contributed by atoms with E-state index in [4.69, 9.17) is 23.2 Å². The van der Waals surface area contributed by atoms with Crippen LogP contribution in [0.1, 0.15) is 10.4 Å². The molecule has 0 spiro atoms. The molecule has 5 rings (SSSR count). The van der Waals surface area contributed by atoms with Gasteiger partial charge in [-0.1, -0.05) is 59.6 Å². The molecule has 0 unspecified atom stereocenters. The van der Waals surface area contributed by atoms with Crippen LogP contribution in [-0.2, 0) is 6.54 Å². The Bertz CT molecular complexity index is 1540. The summed E-state index contributed by atoms with van der Waals surface area (Å²) in [6.07, 6.45) is 1.41. The lowest BCUT2D eigenvalue weighted by Crippen LogP contribution is -2.24. The lowest BCUT2D eigenvalue weighted by atomic mass is 10.0. The zero-order valence-electron chi connectivity index (χ0n) is 16.0. The summed E-state index contributed by atoms with van der Waals surface area (Å²) in [7, 11) is 0. The van der Waals surface area contributed by atoms with Crippen molar-refractivity contribution in [1.29, 1.82) is 0 Å². The van der Waals surface area contributed by atoms with E-state index in [1.165, 1.54) is 28.3 Å². The average Bonchev–Trinajstić information content (AvgIpc) is 3.20. The molecule has 7 heteroatoms. The second-order valence-corrected chi connectivity index (χ2v) is 8.82. The van der Waals surface area contributed by atoms with Crippen molar-refractivity contribution in [1.82, 2.24) is 9.55 Å². The Kier molecular flexibility index (Phi) is 5.10. The summed E-state index contributed by atoms with van der Waals surface area (Å²) in [5.41, 5.74) is 1.81. The molecule has 0 fully saturated rings. The summed E-state index contributed by atoms with van der Waals surface area (Å²) in [6.45, 7) is -0.157. The van der Waals surface area contributed by atoms with Crippen LogP contribution in [0, 0.1) is 0 Å². The maximum atomic E-state index is 13.3. The Hall–Kier alpha value is -2.99. The van der Waals surface area contributed by atoms with Gasteiger partial charge in [-0.2, -0.15) is 0 Å². The summed E-state index contributed by atoms with van der Waals surface area (Å²) in [5.74, 6) is -0.285. The van der Waals surface area contributed by atoms with Crippen molar-refractivity contribution in [2.45, 2.75) is 6.54 Å². The van der Waals surface area contributed by atoms with Crippen LogP contribution < -0.4 is 5.56 Å². The number of hydrogen-bond donors (Lipinski definition) is 0. The van der Waals surface area contributed by atoms with E-state index in [-0.39, 0.29) is 22.9 Å². The quantitative estimate of drug-likeness (QED) is 0.286. The van der Waals surface area contributed by atoms with Gasteiger partial charge in [0.1, 0.15) is 4.83 Å². The smallest absolute Gasteiger partial charge is 0.263 e. The molecule has 0 saturated heterocycles. The van der Waals surface area contributed by atoms with Crippen LogP contribution in [-0.4, -0.2) is 15.3 Å². The van der Waals surface area contributed by atoms with Crippen molar-refractivity contribution in [2.75, 3.05) is 0 Å². The maximum absolute atomic E-state index is 13.3. The Morgan fingerprint density at radius 2 is 1.81 bits per heavy atom. The van der Waals surface area contributed by atoms with Crippen molar-refractivity contribution in [3.8, 4) is 11.1 Å². The monoisotopic (exact) mass is 464 g/mol. The minimum atomic E-state index is -0.285. The lowest BCUT2D eigenvalue weighted by molar-refractivity contribution is 0.0971. The first-order valence-corrected chi connectivity index (χ1v) is 11.1. The number of hydrogen-bond acceptors (Lipinski definition) is 4. The minimum Gasteiger partial charge on any atom is -0.292 e. The molecule has 31 heavy (non-hydrogen) atoms. The Morgan fingerprint density at radius 3 is 2.61 bits per heavy atom. The van der Waals surface area contributed by atoms with Crippen LogP contribution in [0.5, 0.6) is 0 Å². The first kappa shape index (κ1) is 19.9. The van der Waals surface area contributed by atoms with Crippen LogP contribution in [0.2, 0.25) is 10.0 Å². The summed E-state index contributed by atoms with van der Waals surface area (Å²) in [5, 5.41) is 5.37. The summed E-state index contributed by atoms with van der Waals surface area (Å²) < 4.78 is 1.33. The van der Waals surface area contributed by atoms with Crippen LogP contribution in [0.15, 0.2) is 77.2 Å². The molecule has 5 aromatic rings. The molecule has 2 aromatic heterocycles. The van der Waals surface area contributed by atoms with E-state index in [2.05, 4.69) is 11.1 Å². The molecule has 0 amide bonds. The molecule has 0 radical (unpaired) electrons. The number of fused-ring (bicyclic) bond motifs is 2. The number of Topliss-reactive ketones (excluding diaryl/α,β-unsaturated/α-hetero) is 1. The van der Waals surface area contributed by atoms with Gasteiger partial charge >= 0.3 is 0 Å². The number of rotatable bonds is 4. The maximum Gasteiger partial charge on any atom is 0.263 e. The zero-order chi connectivity index (χ0) is 21.5. The van der Waals surface area contributed by atoms with Crippen LogP contribution in [0.25, 0.3) is 32.1 Å². The van der Waals surface area contributed by atoms with Crippen LogP contribution in [0.4, 0.5) is 0 Å². The molecule has 0 aliphatic carbocycles. The number of aromatic nitrogens is 2. The van der Waals surface area contributed by atoms with Gasteiger partial charge in [-0.05, 0) is 40.6 Å². The summed E-state index contributed by atoms with van der Waals surface area (Å²) >= 11 is 13.5. The molecule has 0 atom stereocenters. The van der Waals surface area contributed by atoms with Crippen molar-refractivity contribution >= 4 is 61.3 Å². The predicted molar refractivity (Wildman–Crippen MR) is 128 cm³/mol. The van der Waals surface area contributed by atoms with E-state index >= 15 is 0 Å². The molecule has 0 aliphatic rings. The normalized spacial score (nSPS) is 11.3. The highest BCUT2D eigenvalue weighted by Crippen LogP contribution is 2.32. The van der Waals surface area contributed by atoms with Gasteiger partial charge in [-0.15, -0.1) is 11.3 Å². The fraction of sp³-hybridized carbons (Fsp3) is 0.0417. The Balaban J connectivity index is 1.58. The molecule has 2 heterocycles. The number of nitrogens with zero attached hydrogens (tertiary/aromatic N) is 2. The number of benzene rings is 3. The lowest BCUT2D eigenvalue weighted by Gasteiger charge is -2.08. The van der Waals surface area contributed by atoms with Gasteiger partial charge in [0.05, 0.1) is 23.3 Å². The summed E-state index contributed by atoms with van der Waals surface area (Å²) in [6, 6.07) is 18.8. The van der Waals surface area contributed by atoms with Gasteiger partial charge in [0.25, 0.3) is 5.56 Å². The predicted octanol–water partition coefficient (Wildman–Crippen LogP) is 6.47. The van der Waals surface area contributed by atoms with Crippen molar-refractivity contribution in [3.05, 3.63) is 98.3 Å². The number of ketones is 1. The van der Waals surface area contributed by atoms with E-state index < -0.39 is 0 Å². The fourth-order valence-electron chi connectivity index (χ4n) is 3.60. The number of halogens is 2. The summed E-state index contributed by atoms with van der Waals surface area (Å²) in [4.78, 5) is 31.1. The van der Waals surface area contributed by atoms with Gasteiger partial charge < -0.3 is 0 Å². The SMILES string of the molecule is O=C(Cn1cnc2scc(-c3ccc4ccccc4c3)c2c1=O)c1ccc(Cl)cc1Cl. The third kappa shape index (κ3) is 3.65. The van der Waals surface area contributed by atoms with Gasteiger partial charge in [0.15, 0.2) is 5.78 Å². The minimum absolute atomic E-state index is 0.157. The van der Waals surface area contributed by atoms with E-state index in [0.29, 0.717) is 20.8 Å². The Morgan fingerprint density at radius 1 is 1.00 bits per heavy atom. The highest BCUT2D eigenvalue weighted by atomic mass is 35.5. The van der Waals surface area contributed by atoms with Crippen molar-refractivity contribution in [2.24, 2.45) is 0 Å². The molecular weight excluding hydrogens is 451 g/mol. The van der Waals surface area contributed by atoms with Crippen LogP contribution in [0.3, 0.4) is 0 Å². The van der Waals surface area contributed by atoms with Gasteiger partial charge in [0, 0.05) is 21.5 Å². The molecule has 0 saturated carbocycles. The first-order valence-electron chi connectivity index (χ1n) is 9.45. The number of thiophene rings is 1. The number of carbonyl (C=O) groups excluding carboxylic acids is 1. The third-order valence-corrected chi connectivity index (χ3v) is 6.60. The topological polar surface area (TPSA) is 52.0 Å². The fourth-order valence-corrected chi connectivity index (χ4v) is 5.03. The molecule has 0 N–H and O–H groups in total. The second kappa shape index (κ2) is 7.93. The van der Waals surface area contributed by atoms with Gasteiger partial charge in [0.2, 0.25) is 0 Å². The van der Waals surface area contributed by atoms with E-state index in [1.54, 1.807) is 12.1 Å². The highest BCUT2D eigenvalue weighted by molar-refractivity contribution is 7.17. The molecule has 4 nitrogen and oxygen atoms in total. The first-order chi connectivity index (χ1) is 15.0. The highest BCUT2D eigenvalue weighted by Gasteiger charge is 2.17. The molecule has 0 bridgehead atoms. The molecule has 0 aliphatic heterocycles. The van der Waals surface area contributed by atoms with E-state index in [1.807, 2.05) is 41.8 Å². The number of carbonyl (C=O) groups is 1. The van der Waals surface area contributed by atoms with E-state index in [9.17, 15) is 9.59 Å².